The Labute approximate surface area is 117 Å². The number of aromatic nitrogens is 3. The summed E-state index contributed by atoms with van der Waals surface area (Å²) in [6, 6.07) is 3.67. The molecule has 0 aromatic carbocycles. The first kappa shape index (κ1) is 12.7. The maximum Gasteiger partial charge on any atom is 0.255 e. The van der Waals surface area contributed by atoms with Gasteiger partial charge in [-0.2, -0.15) is 0 Å². The molecule has 5 nitrogen and oxygen atoms in total. The largest absolute Gasteiger partial charge is 0.339 e. The molecule has 0 N–H and O–H groups in total. The van der Waals surface area contributed by atoms with Crippen LogP contribution in [0.2, 0.25) is 0 Å². The fourth-order valence-corrected chi connectivity index (χ4v) is 2.40. The number of amides is 1. The lowest BCUT2D eigenvalue weighted by Gasteiger charge is -2.26. The molecule has 1 fully saturated rings. The predicted octanol–water partition coefficient (Wildman–Crippen LogP) is 2.16. The minimum Gasteiger partial charge on any atom is -0.339 e. The molecule has 1 saturated heterocycles. The van der Waals surface area contributed by atoms with Gasteiger partial charge in [-0.1, -0.05) is 0 Å². The van der Waals surface area contributed by atoms with Gasteiger partial charge in [0.05, 0.1) is 11.3 Å². The van der Waals surface area contributed by atoms with E-state index in [9.17, 15) is 4.79 Å². The van der Waals surface area contributed by atoms with E-state index in [1.54, 1.807) is 18.6 Å². The molecule has 1 amide bonds. The fraction of sp³-hybridized carbons (Fsp3) is 0.333. The molecule has 5 heteroatoms. The number of nitrogens with zero attached hydrogens (tertiary/aromatic N) is 4. The van der Waals surface area contributed by atoms with Crippen LogP contribution in [0.25, 0.3) is 11.3 Å². The van der Waals surface area contributed by atoms with Gasteiger partial charge >= 0.3 is 0 Å². The highest BCUT2D eigenvalue weighted by Crippen LogP contribution is 2.16. The van der Waals surface area contributed by atoms with Crippen LogP contribution in [-0.4, -0.2) is 38.8 Å². The Kier molecular flexibility index (Phi) is 3.67. The van der Waals surface area contributed by atoms with Gasteiger partial charge in [-0.25, -0.2) is 9.97 Å². The highest BCUT2D eigenvalue weighted by atomic mass is 16.2. The number of hydrogen-bond acceptors (Lipinski definition) is 4. The summed E-state index contributed by atoms with van der Waals surface area (Å²) in [4.78, 5) is 26.5. The fourth-order valence-electron chi connectivity index (χ4n) is 2.40. The van der Waals surface area contributed by atoms with E-state index in [0.29, 0.717) is 5.56 Å². The zero-order valence-electron chi connectivity index (χ0n) is 11.2. The number of piperidine rings is 1. The van der Waals surface area contributed by atoms with Crippen LogP contribution in [0.15, 0.2) is 37.1 Å². The molecule has 2 aromatic rings. The van der Waals surface area contributed by atoms with Crippen molar-refractivity contribution in [2.75, 3.05) is 13.1 Å². The first-order valence-corrected chi connectivity index (χ1v) is 6.85. The van der Waals surface area contributed by atoms with E-state index in [4.69, 9.17) is 0 Å². The molecule has 20 heavy (non-hydrogen) atoms. The van der Waals surface area contributed by atoms with Crippen LogP contribution in [0.1, 0.15) is 29.6 Å². The van der Waals surface area contributed by atoms with E-state index >= 15 is 0 Å². The zero-order chi connectivity index (χ0) is 13.8. The van der Waals surface area contributed by atoms with Gasteiger partial charge in [-0.05, 0) is 31.4 Å². The summed E-state index contributed by atoms with van der Waals surface area (Å²) >= 11 is 0. The van der Waals surface area contributed by atoms with Crippen molar-refractivity contribution in [1.82, 2.24) is 19.9 Å². The molecule has 0 aliphatic carbocycles. The molecule has 102 valence electrons. The predicted molar refractivity (Wildman–Crippen MR) is 75.0 cm³/mol. The second-order valence-electron chi connectivity index (χ2n) is 4.91. The quantitative estimate of drug-likeness (QED) is 0.837. The Balaban J connectivity index is 1.77. The smallest absolute Gasteiger partial charge is 0.255 e. The molecule has 0 unspecified atom stereocenters. The molecule has 0 spiro atoms. The van der Waals surface area contributed by atoms with Crippen molar-refractivity contribution in [3.05, 3.63) is 42.6 Å². The highest BCUT2D eigenvalue weighted by molar-refractivity contribution is 5.94. The van der Waals surface area contributed by atoms with E-state index in [1.165, 1.54) is 12.7 Å². The van der Waals surface area contributed by atoms with Crippen LogP contribution in [0.4, 0.5) is 0 Å². The summed E-state index contributed by atoms with van der Waals surface area (Å²) in [7, 11) is 0. The van der Waals surface area contributed by atoms with Crippen LogP contribution in [0, 0.1) is 0 Å². The van der Waals surface area contributed by atoms with Crippen molar-refractivity contribution in [2.24, 2.45) is 0 Å². The number of rotatable bonds is 2. The lowest BCUT2D eigenvalue weighted by Crippen LogP contribution is -2.35. The second-order valence-corrected chi connectivity index (χ2v) is 4.91. The average molecular weight is 268 g/mol. The third kappa shape index (κ3) is 2.66. The summed E-state index contributed by atoms with van der Waals surface area (Å²) < 4.78 is 0. The van der Waals surface area contributed by atoms with Gasteiger partial charge < -0.3 is 4.90 Å². The van der Waals surface area contributed by atoms with Crippen LogP contribution in [-0.2, 0) is 0 Å². The van der Waals surface area contributed by atoms with Gasteiger partial charge in [0.2, 0.25) is 0 Å². The van der Waals surface area contributed by atoms with Crippen molar-refractivity contribution >= 4 is 5.91 Å². The van der Waals surface area contributed by atoms with Crippen molar-refractivity contribution in [2.45, 2.75) is 19.3 Å². The van der Waals surface area contributed by atoms with Crippen LogP contribution >= 0.6 is 0 Å². The summed E-state index contributed by atoms with van der Waals surface area (Å²) in [6.07, 6.45) is 9.95. The third-order valence-electron chi connectivity index (χ3n) is 3.51. The van der Waals surface area contributed by atoms with Crippen molar-refractivity contribution in [3.63, 3.8) is 0 Å². The topological polar surface area (TPSA) is 59.0 Å². The number of carbonyl (C=O) groups is 1. The lowest BCUT2D eigenvalue weighted by atomic mass is 10.1. The highest BCUT2D eigenvalue weighted by Gasteiger charge is 2.18. The lowest BCUT2D eigenvalue weighted by molar-refractivity contribution is 0.0724. The first-order chi connectivity index (χ1) is 9.84. The number of likely N-dealkylation sites (tertiary alicyclic amines) is 1. The minimum atomic E-state index is 0.0769. The third-order valence-corrected chi connectivity index (χ3v) is 3.51. The molecule has 0 radical (unpaired) electrons. The monoisotopic (exact) mass is 268 g/mol. The van der Waals surface area contributed by atoms with Gasteiger partial charge in [-0.15, -0.1) is 0 Å². The summed E-state index contributed by atoms with van der Waals surface area (Å²) in [5.74, 6) is 0.0769. The van der Waals surface area contributed by atoms with E-state index in [2.05, 4.69) is 15.0 Å². The van der Waals surface area contributed by atoms with Crippen molar-refractivity contribution in [3.8, 4) is 11.3 Å². The maximum absolute atomic E-state index is 12.3. The molecule has 1 aliphatic heterocycles. The van der Waals surface area contributed by atoms with Crippen molar-refractivity contribution < 1.29 is 4.79 Å². The van der Waals surface area contributed by atoms with Gasteiger partial charge in [0.25, 0.3) is 5.91 Å². The Morgan fingerprint density at radius 3 is 2.40 bits per heavy atom. The minimum absolute atomic E-state index is 0.0769. The van der Waals surface area contributed by atoms with Crippen molar-refractivity contribution in [1.29, 1.82) is 0 Å². The Bertz CT molecular complexity index is 577. The molecule has 2 aromatic heterocycles. The molecule has 0 atom stereocenters. The number of pyridine rings is 1. The van der Waals surface area contributed by atoms with Gasteiger partial charge in [0.15, 0.2) is 0 Å². The van der Waals surface area contributed by atoms with E-state index in [-0.39, 0.29) is 5.91 Å². The SMILES string of the molecule is O=C(c1ccc(-c2cncnc2)nc1)N1CCCCC1. The Morgan fingerprint density at radius 1 is 1.00 bits per heavy atom. The molecular formula is C15H16N4O. The maximum atomic E-state index is 12.3. The van der Waals surface area contributed by atoms with E-state index in [0.717, 1.165) is 37.2 Å². The standard InChI is InChI=1S/C15H16N4O/c20-15(19-6-2-1-3-7-19)12-4-5-14(18-10-12)13-8-16-11-17-9-13/h4-5,8-11H,1-3,6-7H2. The van der Waals surface area contributed by atoms with Crippen LogP contribution < -0.4 is 0 Å². The van der Waals surface area contributed by atoms with Gasteiger partial charge in [0.1, 0.15) is 6.33 Å². The van der Waals surface area contributed by atoms with Crippen LogP contribution in [0.5, 0.6) is 0 Å². The first-order valence-electron chi connectivity index (χ1n) is 6.85. The van der Waals surface area contributed by atoms with E-state index < -0.39 is 0 Å². The number of hydrogen-bond donors (Lipinski definition) is 0. The molecule has 3 heterocycles. The molecule has 3 rings (SSSR count). The molecule has 1 aliphatic rings. The second kappa shape index (κ2) is 5.77. The summed E-state index contributed by atoms with van der Waals surface area (Å²) in [5.41, 5.74) is 2.28. The van der Waals surface area contributed by atoms with Gasteiger partial charge in [-0.3, -0.25) is 9.78 Å². The zero-order valence-corrected chi connectivity index (χ0v) is 11.2. The summed E-state index contributed by atoms with van der Waals surface area (Å²) in [6.45, 7) is 1.71. The van der Waals surface area contributed by atoms with E-state index in [1.807, 2.05) is 17.0 Å². The van der Waals surface area contributed by atoms with Crippen LogP contribution in [0.3, 0.4) is 0 Å². The average Bonchev–Trinajstić information content (AvgIpc) is 2.56. The molecular weight excluding hydrogens is 252 g/mol. The van der Waals surface area contributed by atoms with Gasteiger partial charge in [0, 0.05) is 37.2 Å². The summed E-state index contributed by atoms with van der Waals surface area (Å²) in [5, 5.41) is 0. The molecule has 0 bridgehead atoms. The Hall–Kier alpha value is -2.30. The normalized spacial score (nSPS) is 15.1. The number of carbonyl (C=O) groups excluding carboxylic acids is 1. The Morgan fingerprint density at radius 2 is 1.75 bits per heavy atom. The molecule has 0 saturated carbocycles.